The van der Waals surface area contributed by atoms with Gasteiger partial charge in [0.15, 0.2) is 0 Å². The van der Waals surface area contributed by atoms with Crippen molar-refractivity contribution in [3.05, 3.63) is 46.3 Å². The van der Waals surface area contributed by atoms with Crippen LogP contribution in [-0.4, -0.2) is 37.7 Å². The highest BCUT2D eigenvalue weighted by Gasteiger charge is 2.32. The number of hydrogen-bond donors (Lipinski definition) is 1. The predicted molar refractivity (Wildman–Crippen MR) is 83.8 cm³/mol. The van der Waals surface area contributed by atoms with Crippen LogP contribution in [0.3, 0.4) is 0 Å². The van der Waals surface area contributed by atoms with Gasteiger partial charge in [-0.15, -0.1) is 0 Å². The molecule has 1 aromatic rings. The van der Waals surface area contributed by atoms with Crippen molar-refractivity contribution in [2.24, 2.45) is 5.11 Å². The van der Waals surface area contributed by atoms with E-state index in [9.17, 15) is 18.4 Å². The van der Waals surface area contributed by atoms with Gasteiger partial charge in [-0.1, -0.05) is 35.4 Å². The Morgan fingerprint density at radius 1 is 1.36 bits per heavy atom. The number of carbonyl (C=O) groups excluding carboxylic acids is 2. The Hall–Kier alpha value is -2.87. The van der Waals surface area contributed by atoms with Gasteiger partial charge in [-0.05, 0) is 17.5 Å². The van der Waals surface area contributed by atoms with E-state index in [1.165, 1.54) is 0 Å². The molecule has 0 aliphatic rings. The summed E-state index contributed by atoms with van der Waals surface area (Å²) in [6, 6.07) is 7.50. The van der Waals surface area contributed by atoms with Crippen LogP contribution < -0.4 is 5.32 Å². The third-order valence-corrected chi connectivity index (χ3v) is 3.15. The predicted octanol–water partition coefficient (Wildman–Crippen LogP) is 3.18. The molecular formula is C15H18F2N4O4. The Morgan fingerprint density at radius 3 is 2.64 bits per heavy atom. The van der Waals surface area contributed by atoms with Crippen LogP contribution in [0.15, 0.2) is 35.4 Å². The number of carbonyl (C=O) groups is 2. The Labute approximate surface area is 142 Å². The number of nitrogens with one attached hydrogen (secondary N) is 1. The fraction of sp³-hybridized carbons (Fsp3) is 0.467. The molecule has 0 aromatic heterocycles. The lowest BCUT2D eigenvalue weighted by molar-refractivity contribution is -0.143. The van der Waals surface area contributed by atoms with Crippen molar-refractivity contribution >= 4 is 12.1 Å². The van der Waals surface area contributed by atoms with Gasteiger partial charge in [0.05, 0.1) is 13.7 Å². The van der Waals surface area contributed by atoms with Crippen molar-refractivity contribution in [2.45, 2.75) is 31.4 Å². The van der Waals surface area contributed by atoms with Crippen LogP contribution in [-0.2, 0) is 20.9 Å². The topological polar surface area (TPSA) is 113 Å². The largest absolute Gasteiger partial charge is 0.467 e. The summed E-state index contributed by atoms with van der Waals surface area (Å²) >= 11 is 0. The molecule has 1 amide bonds. The highest BCUT2D eigenvalue weighted by Crippen LogP contribution is 2.22. The molecule has 0 aliphatic carbocycles. The van der Waals surface area contributed by atoms with E-state index in [0.717, 1.165) is 12.7 Å². The van der Waals surface area contributed by atoms with Gasteiger partial charge in [0.2, 0.25) is 0 Å². The summed E-state index contributed by atoms with van der Waals surface area (Å²) < 4.78 is 36.4. The molecule has 10 heteroatoms. The van der Waals surface area contributed by atoms with Crippen LogP contribution in [0.2, 0.25) is 0 Å². The lowest BCUT2D eigenvalue weighted by Gasteiger charge is -2.19. The number of rotatable bonds is 9. The molecule has 0 fully saturated rings. The lowest BCUT2D eigenvalue weighted by Crippen LogP contribution is -2.42. The van der Waals surface area contributed by atoms with Gasteiger partial charge in [-0.25, -0.2) is 18.4 Å². The van der Waals surface area contributed by atoms with Crippen LogP contribution >= 0.6 is 0 Å². The number of amides is 1. The van der Waals surface area contributed by atoms with Gasteiger partial charge in [0.25, 0.3) is 5.92 Å². The summed E-state index contributed by atoms with van der Waals surface area (Å²) in [5.74, 6) is -4.18. The number of alkyl carbamates (subject to hydrolysis) is 1. The van der Waals surface area contributed by atoms with E-state index in [4.69, 9.17) is 10.3 Å². The summed E-state index contributed by atoms with van der Waals surface area (Å²) in [6.07, 6.45) is -2.11. The van der Waals surface area contributed by atoms with Crippen molar-refractivity contribution in [3.8, 4) is 0 Å². The van der Waals surface area contributed by atoms with Crippen LogP contribution in [0.25, 0.3) is 10.4 Å². The number of ether oxygens (including phenoxy) is 2. The van der Waals surface area contributed by atoms with Gasteiger partial charge < -0.3 is 14.8 Å². The molecule has 0 saturated heterocycles. The van der Waals surface area contributed by atoms with Gasteiger partial charge in [0.1, 0.15) is 12.6 Å². The Balaban J connectivity index is 2.55. The molecule has 0 spiro atoms. The van der Waals surface area contributed by atoms with E-state index >= 15 is 0 Å². The maximum absolute atomic E-state index is 13.5. The quantitative estimate of drug-likeness (QED) is 0.317. The number of nitrogens with zero attached hydrogens (tertiary/aromatic N) is 3. The average molecular weight is 356 g/mol. The Kier molecular flexibility index (Phi) is 8.14. The summed E-state index contributed by atoms with van der Waals surface area (Å²) in [5.41, 5.74) is 8.81. The minimum atomic E-state index is -3.30. The smallest absolute Gasteiger partial charge is 0.408 e. The van der Waals surface area contributed by atoms with Crippen molar-refractivity contribution < 1.29 is 27.8 Å². The third-order valence-electron chi connectivity index (χ3n) is 3.15. The normalized spacial score (nSPS) is 11.8. The molecular weight excluding hydrogens is 338 g/mol. The molecule has 136 valence electrons. The first-order valence-corrected chi connectivity index (χ1v) is 7.31. The number of halogens is 2. The molecule has 1 atom stereocenters. The second-order valence-corrected chi connectivity index (χ2v) is 5.07. The minimum Gasteiger partial charge on any atom is -0.467 e. The fourth-order valence-electron chi connectivity index (χ4n) is 1.87. The number of esters is 1. The van der Waals surface area contributed by atoms with Crippen molar-refractivity contribution in [2.75, 3.05) is 13.7 Å². The van der Waals surface area contributed by atoms with Gasteiger partial charge in [0, 0.05) is 11.3 Å². The number of benzene rings is 1. The number of alkyl halides is 2. The minimum absolute atomic E-state index is 0.0341. The highest BCUT2D eigenvalue weighted by molar-refractivity contribution is 5.81. The molecule has 8 nitrogen and oxygen atoms in total. The zero-order chi connectivity index (χ0) is 18.7. The maximum Gasteiger partial charge on any atom is 0.408 e. The van der Waals surface area contributed by atoms with Gasteiger partial charge >= 0.3 is 12.1 Å². The molecule has 0 unspecified atom stereocenters. The third kappa shape index (κ3) is 7.98. The summed E-state index contributed by atoms with van der Waals surface area (Å²) in [5, 5.41) is 5.01. The summed E-state index contributed by atoms with van der Waals surface area (Å²) in [7, 11) is 1.07. The zero-order valence-electron chi connectivity index (χ0n) is 13.5. The first-order valence-electron chi connectivity index (χ1n) is 7.31. The van der Waals surface area contributed by atoms with E-state index in [-0.39, 0.29) is 6.61 Å². The molecule has 0 saturated carbocycles. The standard InChI is InChI=1S/C15H18F2N4O4/c1-24-13(22)12(7-8-15(16,17)10-19-21-18)20-14(23)25-9-11-5-3-2-4-6-11/h2-6,12H,7-10H2,1H3,(H,20,23)/t12-/m0/s1. The lowest BCUT2D eigenvalue weighted by atomic mass is 10.1. The Morgan fingerprint density at radius 2 is 2.04 bits per heavy atom. The Bertz CT molecular complexity index is 621. The molecule has 1 aromatic carbocycles. The van der Waals surface area contributed by atoms with Crippen molar-refractivity contribution in [1.29, 1.82) is 0 Å². The van der Waals surface area contributed by atoms with Gasteiger partial charge in [-0.3, -0.25) is 0 Å². The first-order chi connectivity index (χ1) is 11.9. The van der Waals surface area contributed by atoms with E-state index < -0.39 is 43.4 Å². The van der Waals surface area contributed by atoms with E-state index in [0.29, 0.717) is 0 Å². The highest BCUT2D eigenvalue weighted by atomic mass is 19.3. The SMILES string of the molecule is COC(=O)[C@H](CCC(F)(F)CN=[N+]=[N-])NC(=O)OCc1ccccc1. The van der Waals surface area contributed by atoms with E-state index in [1.807, 2.05) is 0 Å². The van der Waals surface area contributed by atoms with E-state index in [1.54, 1.807) is 30.3 Å². The summed E-state index contributed by atoms with van der Waals surface area (Å²) in [4.78, 5) is 25.6. The van der Waals surface area contributed by atoms with Crippen molar-refractivity contribution in [1.82, 2.24) is 5.32 Å². The molecule has 0 radical (unpaired) electrons. The first kappa shape index (κ1) is 20.2. The van der Waals surface area contributed by atoms with Crippen LogP contribution in [0.1, 0.15) is 18.4 Å². The molecule has 25 heavy (non-hydrogen) atoms. The summed E-state index contributed by atoms with van der Waals surface area (Å²) in [6.45, 7) is -1.07. The number of methoxy groups -OCH3 is 1. The van der Waals surface area contributed by atoms with Crippen molar-refractivity contribution in [3.63, 3.8) is 0 Å². The molecule has 1 rings (SSSR count). The molecule has 0 bridgehead atoms. The van der Waals surface area contributed by atoms with Crippen LogP contribution in [0.4, 0.5) is 13.6 Å². The van der Waals surface area contributed by atoms with E-state index in [2.05, 4.69) is 20.1 Å². The second kappa shape index (κ2) is 10.1. The average Bonchev–Trinajstić information content (AvgIpc) is 2.62. The zero-order valence-corrected chi connectivity index (χ0v) is 13.5. The van der Waals surface area contributed by atoms with Gasteiger partial charge in [-0.2, -0.15) is 0 Å². The van der Waals surface area contributed by atoms with Crippen LogP contribution in [0, 0.1) is 0 Å². The monoisotopic (exact) mass is 356 g/mol. The maximum atomic E-state index is 13.5. The number of azide groups is 1. The molecule has 0 aliphatic heterocycles. The fourth-order valence-corrected chi connectivity index (χ4v) is 1.87. The second-order valence-electron chi connectivity index (χ2n) is 5.07. The molecule has 0 heterocycles. The van der Waals surface area contributed by atoms with Crippen LogP contribution in [0.5, 0.6) is 0 Å². The molecule has 1 N–H and O–H groups in total. The number of hydrogen-bond acceptors (Lipinski definition) is 5.